The normalized spacial score (nSPS) is 19.6. The van der Waals surface area contributed by atoms with Crippen LogP contribution in [0.3, 0.4) is 0 Å². The van der Waals surface area contributed by atoms with Crippen LogP contribution in [-0.2, 0) is 0 Å². The van der Waals surface area contributed by atoms with Crippen LogP contribution < -0.4 is 0 Å². The zero-order chi connectivity index (χ0) is 10.7. The first-order chi connectivity index (χ1) is 5.69. The van der Waals surface area contributed by atoms with Crippen LogP contribution in [0.15, 0.2) is 0 Å². The predicted octanol–water partition coefficient (Wildman–Crippen LogP) is 2.33. The van der Waals surface area contributed by atoms with E-state index in [9.17, 15) is 10.2 Å². The Labute approximate surface area is 82.0 Å². The first-order valence-electron chi connectivity index (χ1n) is 5.09. The SMILES string of the molecule is CCC(C)(O)CCC(O)C(C)(C)C. The third-order valence-electron chi connectivity index (χ3n) is 2.72. The molecule has 80 valence electrons. The number of aliphatic hydroxyl groups is 2. The van der Waals surface area contributed by atoms with Crippen LogP contribution in [0.1, 0.15) is 53.9 Å². The Kier molecular flexibility index (Phi) is 4.40. The van der Waals surface area contributed by atoms with E-state index < -0.39 is 5.60 Å². The Balaban J connectivity index is 3.90. The maximum absolute atomic E-state index is 9.73. The molecule has 0 aliphatic rings. The average molecular weight is 188 g/mol. The van der Waals surface area contributed by atoms with Crippen molar-refractivity contribution in [3.63, 3.8) is 0 Å². The fourth-order valence-electron chi connectivity index (χ4n) is 1.06. The first kappa shape index (κ1) is 12.9. The van der Waals surface area contributed by atoms with E-state index in [1.807, 2.05) is 34.6 Å². The van der Waals surface area contributed by atoms with Crippen molar-refractivity contribution in [2.24, 2.45) is 5.41 Å². The molecule has 0 radical (unpaired) electrons. The summed E-state index contributed by atoms with van der Waals surface area (Å²) in [5.74, 6) is 0. The van der Waals surface area contributed by atoms with Gasteiger partial charge < -0.3 is 10.2 Å². The molecule has 2 heteroatoms. The summed E-state index contributed by atoms with van der Waals surface area (Å²) in [6.45, 7) is 9.82. The van der Waals surface area contributed by atoms with Gasteiger partial charge in [0.15, 0.2) is 0 Å². The van der Waals surface area contributed by atoms with E-state index in [4.69, 9.17) is 0 Å². The van der Waals surface area contributed by atoms with E-state index in [2.05, 4.69) is 0 Å². The Morgan fingerprint density at radius 2 is 1.62 bits per heavy atom. The summed E-state index contributed by atoms with van der Waals surface area (Å²) in [4.78, 5) is 0. The minimum Gasteiger partial charge on any atom is -0.393 e. The van der Waals surface area contributed by atoms with E-state index in [1.165, 1.54) is 0 Å². The Morgan fingerprint density at radius 3 is 1.92 bits per heavy atom. The molecule has 0 saturated heterocycles. The van der Waals surface area contributed by atoms with Gasteiger partial charge in [0.1, 0.15) is 0 Å². The molecule has 0 aromatic carbocycles. The van der Waals surface area contributed by atoms with Crippen LogP contribution in [-0.4, -0.2) is 21.9 Å². The highest BCUT2D eigenvalue weighted by Gasteiger charge is 2.25. The summed E-state index contributed by atoms with van der Waals surface area (Å²) < 4.78 is 0. The molecule has 2 unspecified atom stereocenters. The van der Waals surface area contributed by atoms with E-state index >= 15 is 0 Å². The molecular formula is C11H24O2. The fraction of sp³-hybridized carbons (Fsp3) is 1.00. The molecule has 13 heavy (non-hydrogen) atoms. The second-order valence-electron chi connectivity index (χ2n) is 5.27. The van der Waals surface area contributed by atoms with Crippen LogP contribution >= 0.6 is 0 Å². The highest BCUT2D eigenvalue weighted by atomic mass is 16.3. The third kappa shape index (κ3) is 5.27. The van der Waals surface area contributed by atoms with Gasteiger partial charge in [0.2, 0.25) is 0 Å². The van der Waals surface area contributed by atoms with Gasteiger partial charge in [0.05, 0.1) is 11.7 Å². The Morgan fingerprint density at radius 1 is 1.15 bits per heavy atom. The maximum atomic E-state index is 9.73. The largest absolute Gasteiger partial charge is 0.393 e. The van der Waals surface area contributed by atoms with Crippen molar-refractivity contribution in [1.29, 1.82) is 0 Å². The summed E-state index contributed by atoms with van der Waals surface area (Å²) in [5, 5.41) is 19.5. The second-order valence-corrected chi connectivity index (χ2v) is 5.27. The topological polar surface area (TPSA) is 40.5 Å². The highest BCUT2D eigenvalue weighted by molar-refractivity contribution is 4.77. The van der Waals surface area contributed by atoms with Gasteiger partial charge in [-0.05, 0) is 31.6 Å². The van der Waals surface area contributed by atoms with Gasteiger partial charge in [0.25, 0.3) is 0 Å². The lowest BCUT2D eigenvalue weighted by Crippen LogP contribution is -2.30. The van der Waals surface area contributed by atoms with E-state index in [0.717, 1.165) is 6.42 Å². The average Bonchev–Trinajstić information content (AvgIpc) is 1.98. The number of rotatable bonds is 4. The predicted molar refractivity (Wildman–Crippen MR) is 55.6 cm³/mol. The van der Waals surface area contributed by atoms with Crippen LogP contribution in [0.5, 0.6) is 0 Å². The Bertz CT molecular complexity index is 145. The van der Waals surface area contributed by atoms with Gasteiger partial charge in [-0.15, -0.1) is 0 Å². The van der Waals surface area contributed by atoms with Crippen LogP contribution in [0.25, 0.3) is 0 Å². The molecule has 0 rings (SSSR count). The van der Waals surface area contributed by atoms with Crippen molar-refractivity contribution in [2.75, 3.05) is 0 Å². The molecule has 0 heterocycles. The molecule has 0 bridgehead atoms. The minimum absolute atomic E-state index is 0.0795. The van der Waals surface area contributed by atoms with Crippen molar-refractivity contribution < 1.29 is 10.2 Å². The number of hydrogen-bond donors (Lipinski definition) is 2. The molecular weight excluding hydrogens is 164 g/mol. The van der Waals surface area contributed by atoms with Crippen LogP contribution in [0.4, 0.5) is 0 Å². The quantitative estimate of drug-likeness (QED) is 0.711. The van der Waals surface area contributed by atoms with Gasteiger partial charge >= 0.3 is 0 Å². The summed E-state index contributed by atoms with van der Waals surface area (Å²) >= 11 is 0. The molecule has 0 spiro atoms. The highest BCUT2D eigenvalue weighted by Crippen LogP contribution is 2.26. The van der Waals surface area contributed by atoms with Crippen molar-refractivity contribution >= 4 is 0 Å². The molecule has 2 nitrogen and oxygen atoms in total. The van der Waals surface area contributed by atoms with Crippen molar-refractivity contribution in [2.45, 2.75) is 65.6 Å². The van der Waals surface area contributed by atoms with Gasteiger partial charge in [-0.2, -0.15) is 0 Å². The monoisotopic (exact) mass is 188 g/mol. The maximum Gasteiger partial charge on any atom is 0.0618 e. The van der Waals surface area contributed by atoms with E-state index in [1.54, 1.807) is 0 Å². The summed E-state index contributed by atoms with van der Waals surface area (Å²) in [6.07, 6.45) is 1.75. The Hall–Kier alpha value is -0.0800. The summed E-state index contributed by atoms with van der Waals surface area (Å²) in [7, 11) is 0. The third-order valence-corrected chi connectivity index (χ3v) is 2.72. The molecule has 0 aromatic rings. The molecule has 0 aliphatic heterocycles. The minimum atomic E-state index is -0.619. The molecule has 0 saturated carbocycles. The fourth-order valence-corrected chi connectivity index (χ4v) is 1.06. The van der Waals surface area contributed by atoms with Crippen molar-refractivity contribution in [1.82, 2.24) is 0 Å². The van der Waals surface area contributed by atoms with Crippen molar-refractivity contribution in [3.8, 4) is 0 Å². The van der Waals surface area contributed by atoms with Gasteiger partial charge in [-0.1, -0.05) is 27.7 Å². The zero-order valence-corrected chi connectivity index (χ0v) is 9.59. The van der Waals surface area contributed by atoms with Crippen LogP contribution in [0, 0.1) is 5.41 Å². The summed E-state index contributed by atoms with van der Waals surface area (Å²) in [6, 6.07) is 0. The molecule has 0 aromatic heterocycles. The molecule has 0 aliphatic carbocycles. The van der Waals surface area contributed by atoms with Crippen LogP contribution in [0.2, 0.25) is 0 Å². The molecule has 2 N–H and O–H groups in total. The summed E-state index contributed by atoms with van der Waals surface area (Å²) in [5.41, 5.74) is -0.698. The lowest BCUT2D eigenvalue weighted by Gasteiger charge is -2.29. The lowest BCUT2D eigenvalue weighted by atomic mass is 9.84. The number of aliphatic hydroxyl groups excluding tert-OH is 1. The van der Waals surface area contributed by atoms with Gasteiger partial charge in [-0.25, -0.2) is 0 Å². The zero-order valence-electron chi connectivity index (χ0n) is 9.59. The molecule has 2 atom stereocenters. The number of hydrogen-bond acceptors (Lipinski definition) is 2. The smallest absolute Gasteiger partial charge is 0.0618 e. The lowest BCUT2D eigenvalue weighted by molar-refractivity contribution is 0.00282. The first-order valence-corrected chi connectivity index (χ1v) is 5.09. The van der Waals surface area contributed by atoms with Gasteiger partial charge in [-0.3, -0.25) is 0 Å². The molecule has 0 fully saturated rings. The molecule has 0 amide bonds. The second kappa shape index (κ2) is 4.43. The van der Waals surface area contributed by atoms with E-state index in [0.29, 0.717) is 12.8 Å². The van der Waals surface area contributed by atoms with E-state index in [-0.39, 0.29) is 11.5 Å². The van der Waals surface area contributed by atoms with Crippen molar-refractivity contribution in [3.05, 3.63) is 0 Å². The van der Waals surface area contributed by atoms with Gasteiger partial charge in [0, 0.05) is 0 Å². The standard InChI is InChI=1S/C11H24O2/c1-6-11(5,13)8-7-9(12)10(2,3)4/h9,12-13H,6-8H2,1-5H3.